The molecule has 0 radical (unpaired) electrons. The van der Waals surface area contributed by atoms with Crippen LogP contribution in [0.15, 0.2) is 18.2 Å². The van der Waals surface area contributed by atoms with Crippen molar-refractivity contribution in [1.29, 1.82) is 0 Å². The second kappa shape index (κ2) is 3.89. The zero-order chi connectivity index (χ0) is 11.0. The number of aryl methyl sites for hydroxylation is 1. The molecule has 1 nitrogen and oxygen atoms in total. The van der Waals surface area contributed by atoms with Crippen molar-refractivity contribution >= 4 is 0 Å². The summed E-state index contributed by atoms with van der Waals surface area (Å²) in [4.78, 5) is 0. The van der Waals surface area contributed by atoms with Gasteiger partial charge in [0.2, 0.25) is 0 Å². The standard InChI is InChI=1S/C15H21N/c1-12-6-5-7-13-10-16-11-15(14(12)13)8-3-2-4-9-15/h5-7,16H,2-4,8-11H2,1H3. The molecule has 16 heavy (non-hydrogen) atoms. The molecule has 1 aromatic carbocycles. The van der Waals surface area contributed by atoms with Crippen molar-refractivity contribution in [2.24, 2.45) is 0 Å². The predicted molar refractivity (Wildman–Crippen MR) is 67.6 cm³/mol. The largest absolute Gasteiger partial charge is 0.312 e. The number of benzene rings is 1. The van der Waals surface area contributed by atoms with E-state index in [2.05, 4.69) is 30.4 Å². The molecule has 86 valence electrons. The summed E-state index contributed by atoms with van der Waals surface area (Å²) in [5.41, 5.74) is 5.22. The molecule has 1 fully saturated rings. The molecular weight excluding hydrogens is 194 g/mol. The van der Waals surface area contributed by atoms with Crippen molar-refractivity contribution in [1.82, 2.24) is 5.32 Å². The second-order valence-corrected chi connectivity index (χ2v) is 5.55. The summed E-state index contributed by atoms with van der Waals surface area (Å²) in [5, 5.41) is 3.63. The van der Waals surface area contributed by atoms with Crippen LogP contribution in [0.4, 0.5) is 0 Å². The van der Waals surface area contributed by atoms with Crippen LogP contribution in [0, 0.1) is 6.92 Å². The van der Waals surface area contributed by atoms with Gasteiger partial charge in [0.15, 0.2) is 0 Å². The van der Waals surface area contributed by atoms with Crippen LogP contribution in [0.1, 0.15) is 48.8 Å². The first-order valence-corrected chi connectivity index (χ1v) is 6.62. The van der Waals surface area contributed by atoms with Crippen LogP contribution in [0.5, 0.6) is 0 Å². The highest BCUT2D eigenvalue weighted by Gasteiger charge is 2.38. The highest BCUT2D eigenvalue weighted by atomic mass is 14.9. The maximum Gasteiger partial charge on any atom is 0.0208 e. The van der Waals surface area contributed by atoms with E-state index in [0.29, 0.717) is 5.41 Å². The van der Waals surface area contributed by atoms with E-state index < -0.39 is 0 Å². The minimum atomic E-state index is 0.469. The normalized spacial score (nSPS) is 23.1. The summed E-state index contributed by atoms with van der Waals surface area (Å²) in [5.74, 6) is 0. The first kappa shape index (κ1) is 10.3. The quantitative estimate of drug-likeness (QED) is 0.700. The van der Waals surface area contributed by atoms with Gasteiger partial charge in [0, 0.05) is 18.5 Å². The molecule has 0 atom stereocenters. The van der Waals surface area contributed by atoms with Crippen LogP contribution in [0.2, 0.25) is 0 Å². The van der Waals surface area contributed by atoms with E-state index in [0.717, 1.165) is 6.54 Å². The Morgan fingerprint density at radius 3 is 2.75 bits per heavy atom. The van der Waals surface area contributed by atoms with Crippen LogP contribution >= 0.6 is 0 Å². The van der Waals surface area contributed by atoms with Crippen molar-refractivity contribution < 1.29 is 0 Å². The lowest BCUT2D eigenvalue weighted by Gasteiger charge is -2.43. The molecule has 0 saturated heterocycles. The first-order valence-electron chi connectivity index (χ1n) is 6.62. The van der Waals surface area contributed by atoms with E-state index in [1.54, 1.807) is 11.1 Å². The summed E-state index contributed by atoms with van der Waals surface area (Å²) in [6, 6.07) is 6.81. The van der Waals surface area contributed by atoms with Crippen molar-refractivity contribution in [3.63, 3.8) is 0 Å². The smallest absolute Gasteiger partial charge is 0.0208 e. The van der Waals surface area contributed by atoms with Gasteiger partial charge in [-0.1, -0.05) is 37.5 Å². The molecule has 1 spiro atoms. The Morgan fingerprint density at radius 1 is 1.12 bits per heavy atom. The number of hydrogen-bond acceptors (Lipinski definition) is 1. The number of nitrogens with one attached hydrogen (secondary N) is 1. The van der Waals surface area contributed by atoms with Crippen molar-refractivity contribution in [2.75, 3.05) is 6.54 Å². The fourth-order valence-corrected chi connectivity index (χ4v) is 3.81. The van der Waals surface area contributed by atoms with Gasteiger partial charge in [-0.05, 0) is 36.5 Å². The van der Waals surface area contributed by atoms with E-state index in [4.69, 9.17) is 0 Å². The fourth-order valence-electron chi connectivity index (χ4n) is 3.81. The third-order valence-electron chi connectivity index (χ3n) is 4.48. The Hall–Kier alpha value is -0.820. The zero-order valence-corrected chi connectivity index (χ0v) is 10.2. The van der Waals surface area contributed by atoms with E-state index in [-0.39, 0.29) is 0 Å². The minimum Gasteiger partial charge on any atom is -0.312 e. The molecule has 1 heteroatoms. The monoisotopic (exact) mass is 215 g/mol. The van der Waals surface area contributed by atoms with Gasteiger partial charge in [0.25, 0.3) is 0 Å². The molecule has 1 aliphatic carbocycles. The molecule has 3 rings (SSSR count). The predicted octanol–water partition coefficient (Wildman–Crippen LogP) is 3.30. The van der Waals surface area contributed by atoms with Gasteiger partial charge < -0.3 is 5.32 Å². The Kier molecular flexibility index (Phi) is 2.51. The van der Waals surface area contributed by atoms with Crippen LogP contribution in [0.3, 0.4) is 0 Å². The van der Waals surface area contributed by atoms with Gasteiger partial charge in [-0.15, -0.1) is 0 Å². The number of hydrogen-bond donors (Lipinski definition) is 1. The highest BCUT2D eigenvalue weighted by molar-refractivity contribution is 5.43. The van der Waals surface area contributed by atoms with E-state index in [9.17, 15) is 0 Å². The Labute approximate surface area is 98.3 Å². The molecular formula is C15H21N. The van der Waals surface area contributed by atoms with Gasteiger partial charge in [0.1, 0.15) is 0 Å². The molecule has 0 unspecified atom stereocenters. The van der Waals surface area contributed by atoms with Gasteiger partial charge in [-0.2, -0.15) is 0 Å². The Bertz CT molecular complexity index is 388. The summed E-state index contributed by atoms with van der Waals surface area (Å²) in [7, 11) is 0. The minimum absolute atomic E-state index is 0.469. The molecule has 0 bridgehead atoms. The lowest BCUT2D eigenvalue weighted by Crippen LogP contribution is -2.45. The summed E-state index contributed by atoms with van der Waals surface area (Å²) < 4.78 is 0. The van der Waals surface area contributed by atoms with Crippen LogP contribution in [-0.2, 0) is 12.0 Å². The molecule has 1 saturated carbocycles. The number of rotatable bonds is 0. The van der Waals surface area contributed by atoms with Crippen LogP contribution in [-0.4, -0.2) is 6.54 Å². The Morgan fingerprint density at radius 2 is 1.94 bits per heavy atom. The van der Waals surface area contributed by atoms with E-state index in [1.165, 1.54) is 44.2 Å². The van der Waals surface area contributed by atoms with Gasteiger partial charge in [0.05, 0.1) is 0 Å². The van der Waals surface area contributed by atoms with Crippen LogP contribution < -0.4 is 5.32 Å². The van der Waals surface area contributed by atoms with Gasteiger partial charge >= 0.3 is 0 Å². The lowest BCUT2D eigenvalue weighted by molar-refractivity contribution is 0.263. The molecule has 1 aromatic rings. The van der Waals surface area contributed by atoms with E-state index in [1.807, 2.05) is 0 Å². The Balaban J connectivity index is 2.10. The molecule has 0 amide bonds. The third kappa shape index (κ3) is 1.49. The SMILES string of the molecule is Cc1cccc2c1C1(CCCCC1)CNC2. The zero-order valence-electron chi connectivity index (χ0n) is 10.2. The second-order valence-electron chi connectivity index (χ2n) is 5.55. The van der Waals surface area contributed by atoms with Crippen molar-refractivity contribution in [2.45, 2.75) is 51.0 Å². The summed E-state index contributed by atoms with van der Waals surface area (Å²) in [6.45, 7) is 4.56. The van der Waals surface area contributed by atoms with Gasteiger partial charge in [-0.3, -0.25) is 0 Å². The topological polar surface area (TPSA) is 12.0 Å². The summed E-state index contributed by atoms with van der Waals surface area (Å²) >= 11 is 0. The molecule has 1 heterocycles. The maximum absolute atomic E-state index is 3.63. The third-order valence-corrected chi connectivity index (χ3v) is 4.48. The van der Waals surface area contributed by atoms with Crippen LogP contribution in [0.25, 0.3) is 0 Å². The van der Waals surface area contributed by atoms with Gasteiger partial charge in [-0.25, -0.2) is 0 Å². The van der Waals surface area contributed by atoms with Crippen molar-refractivity contribution in [3.8, 4) is 0 Å². The molecule has 0 aromatic heterocycles. The molecule has 1 N–H and O–H groups in total. The highest BCUT2D eigenvalue weighted by Crippen LogP contribution is 2.43. The fraction of sp³-hybridized carbons (Fsp3) is 0.600. The average Bonchev–Trinajstić information content (AvgIpc) is 2.30. The molecule has 2 aliphatic rings. The molecule has 1 aliphatic heterocycles. The number of fused-ring (bicyclic) bond motifs is 2. The lowest BCUT2D eigenvalue weighted by atomic mass is 9.65. The summed E-state index contributed by atoms with van der Waals surface area (Å²) in [6.07, 6.45) is 7.03. The van der Waals surface area contributed by atoms with E-state index >= 15 is 0 Å². The first-order chi connectivity index (χ1) is 7.82. The van der Waals surface area contributed by atoms with Crippen molar-refractivity contribution in [3.05, 3.63) is 34.9 Å². The average molecular weight is 215 g/mol. The maximum atomic E-state index is 3.63.